The van der Waals surface area contributed by atoms with E-state index in [2.05, 4.69) is 0 Å². The Morgan fingerprint density at radius 1 is 1.21 bits per heavy atom. The van der Waals surface area contributed by atoms with Crippen LogP contribution in [0.3, 0.4) is 0 Å². The van der Waals surface area contributed by atoms with E-state index in [0.717, 1.165) is 0 Å². The second-order valence-electron chi connectivity index (χ2n) is 4.00. The Bertz CT molecular complexity index is 613. The summed E-state index contributed by atoms with van der Waals surface area (Å²) >= 11 is 5.80. The third-order valence-corrected chi connectivity index (χ3v) is 3.00. The fourth-order valence-corrected chi connectivity index (χ4v) is 1.95. The molecule has 19 heavy (non-hydrogen) atoms. The molecular formula is C14H11ClFNO2. The molecule has 0 radical (unpaired) electrons. The third-order valence-electron chi connectivity index (χ3n) is 2.76. The summed E-state index contributed by atoms with van der Waals surface area (Å²) in [6.45, 7) is 0. The molecule has 2 rings (SSSR count). The van der Waals surface area contributed by atoms with Crippen LogP contribution in [0.5, 0.6) is 0 Å². The summed E-state index contributed by atoms with van der Waals surface area (Å²) in [5.74, 6) is -1.40. The van der Waals surface area contributed by atoms with Gasteiger partial charge in [0.25, 0.3) is 0 Å². The second-order valence-corrected chi connectivity index (χ2v) is 4.44. The Balaban J connectivity index is 2.46. The van der Waals surface area contributed by atoms with Gasteiger partial charge in [-0.25, -0.2) is 9.18 Å². The van der Waals surface area contributed by atoms with E-state index in [0.29, 0.717) is 16.4 Å². The molecule has 5 heteroatoms. The smallest absolute Gasteiger partial charge is 0.337 e. The van der Waals surface area contributed by atoms with Crippen LogP contribution < -0.4 is 4.90 Å². The van der Waals surface area contributed by atoms with Crippen LogP contribution in [0.4, 0.5) is 15.8 Å². The molecule has 0 saturated heterocycles. The van der Waals surface area contributed by atoms with Crippen LogP contribution in [0, 0.1) is 5.82 Å². The van der Waals surface area contributed by atoms with Crippen LogP contribution in [0.2, 0.25) is 5.02 Å². The highest BCUT2D eigenvalue weighted by Crippen LogP contribution is 2.29. The summed E-state index contributed by atoms with van der Waals surface area (Å²) in [7, 11) is 1.71. The topological polar surface area (TPSA) is 40.5 Å². The maximum Gasteiger partial charge on any atom is 0.337 e. The SMILES string of the molecule is CN(c1ccc(F)cc1)c1ccc(Cl)cc1C(=O)O. The molecule has 2 aromatic rings. The van der Waals surface area contributed by atoms with Crippen LogP contribution in [-0.4, -0.2) is 18.1 Å². The van der Waals surface area contributed by atoms with Gasteiger partial charge >= 0.3 is 5.97 Å². The third kappa shape index (κ3) is 2.85. The first-order chi connectivity index (χ1) is 8.99. The minimum Gasteiger partial charge on any atom is -0.478 e. The van der Waals surface area contributed by atoms with Gasteiger partial charge < -0.3 is 10.0 Å². The van der Waals surface area contributed by atoms with E-state index in [4.69, 9.17) is 11.6 Å². The van der Waals surface area contributed by atoms with Crippen LogP contribution in [0.1, 0.15) is 10.4 Å². The minimum absolute atomic E-state index is 0.0966. The summed E-state index contributed by atoms with van der Waals surface area (Å²) in [5.41, 5.74) is 1.27. The molecular weight excluding hydrogens is 269 g/mol. The molecule has 0 aliphatic rings. The van der Waals surface area contributed by atoms with Crippen LogP contribution in [0.15, 0.2) is 42.5 Å². The van der Waals surface area contributed by atoms with Gasteiger partial charge in [-0.05, 0) is 42.5 Å². The zero-order valence-corrected chi connectivity index (χ0v) is 10.9. The molecule has 0 aliphatic carbocycles. The second kappa shape index (κ2) is 5.28. The van der Waals surface area contributed by atoms with Gasteiger partial charge in [0.15, 0.2) is 0 Å². The predicted molar refractivity (Wildman–Crippen MR) is 72.9 cm³/mol. The number of carbonyl (C=O) groups is 1. The van der Waals surface area contributed by atoms with Crippen molar-refractivity contribution in [2.45, 2.75) is 0 Å². The first-order valence-electron chi connectivity index (χ1n) is 5.51. The van der Waals surface area contributed by atoms with E-state index in [1.54, 1.807) is 36.2 Å². The minimum atomic E-state index is -1.06. The molecule has 98 valence electrons. The monoisotopic (exact) mass is 279 g/mol. The molecule has 0 aromatic heterocycles. The van der Waals surface area contributed by atoms with Crippen molar-refractivity contribution in [1.29, 1.82) is 0 Å². The summed E-state index contributed by atoms with van der Waals surface area (Å²) in [4.78, 5) is 12.9. The fourth-order valence-electron chi connectivity index (χ4n) is 1.78. The molecule has 0 atom stereocenters. The van der Waals surface area contributed by atoms with Crippen molar-refractivity contribution >= 4 is 28.9 Å². The van der Waals surface area contributed by atoms with Crippen molar-refractivity contribution in [3.8, 4) is 0 Å². The van der Waals surface area contributed by atoms with Crippen LogP contribution >= 0.6 is 11.6 Å². The molecule has 2 aromatic carbocycles. The molecule has 0 fully saturated rings. The van der Waals surface area contributed by atoms with Crippen molar-refractivity contribution in [1.82, 2.24) is 0 Å². The lowest BCUT2D eigenvalue weighted by Gasteiger charge is -2.21. The highest BCUT2D eigenvalue weighted by atomic mass is 35.5. The van der Waals surface area contributed by atoms with E-state index in [9.17, 15) is 14.3 Å². The number of rotatable bonds is 3. The number of carboxylic acids is 1. The summed E-state index contributed by atoms with van der Waals surface area (Å²) < 4.78 is 12.9. The molecule has 1 N–H and O–H groups in total. The number of halogens is 2. The first-order valence-corrected chi connectivity index (χ1v) is 5.89. The fraction of sp³-hybridized carbons (Fsp3) is 0.0714. The highest BCUT2D eigenvalue weighted by Gasteiger charge is 2.15. The van der Waals surface area contributed by atoms with Crippen LogP contribution in [0.25, 0.3) is 0 Å². The zero-order valence-electron chi connectivity index (χ0n) is 10.1. The van der Waals surface area contributed by atoms with Gasteiger partial charge in [0.2, 0.25) is 0 Å². The largest absolute Gasteiger partial charge is 0.478 e. The van der Waals surface area contributed by atoms with E-state index in [-0.39, 0.29) is 11.4 Å². The first kappa shape index (κ1) is 13.4. The van der Waals surface area contributed by atoms with Gasteiger partial charge in [0.05, 0.1) is 11.3 Å². The number of nitrogens with zero attached hydrogens (tertiary/aromatic N) is 1. The highest BCUT2D eigenvalue weighted by molar-refractivity contribution is 6.31. The summed E-state index contributed by atoms with van der Waals surface area (Å²) in [6.07, 6.45) is 0. The van der Waals surface area contributed by atoms with Crippen molar-refractivity contribution < 1.29 is 14.3 Å². The van der Waals surface area contributed by atoms with Crippen LogP contribution in [-0.2, 0) is 0 Å². The molecule has 0 amide bonds. The number of carboxylic acid groups (broad SMARTS) is 1. The molecule has 0 bridgehead atoms. The van der Waals surface area contributed by atoms with Gasteiger partial charge in [0, 0.05) is 17.8 Å². The van der Waals surface area contributed by atoms with E-state index in [1.165, 1.54) is 18.2 Å². The van der Waals surface area contributed by atoms with Gasteiger partial charge in [-0.2, -0.15) is 0 Å². The van der Waals surface area contributed by atoms with Crippen molar-refractivity contribution in [3.05, 3.63) is 58.9 Å². The lowest BCUT2D eigenvalue weighted by Crippen LogP contribution is -2.14. The lowest BCUT2D eigenvalue weighted by atomic mass is 10.1. The van der Waals surface area contributed by atoms with Gasteiger partial charge in [-0.15, -0.1) is 0 Å². The molecule has 0 unspecified atom stereocenters. The number of hydrogen-bond acceptors (Lipinski definition) is 2. The van der Waals surface area contributed by atoms with Crippen molar-refractivity contribution in [2.24, 2.45) is 0 Å². The van der Waals surface area contributed by atoms with Crippen molar-refractivity contribution in [3.63, 3.8) is 0 Å². The quantitative estimate of drug-likeness (QED) is 0.925. The summed E-state index contributed by atoms with van der Waals surface area (Å²) in [5, 5.41) is 9.54. The Morgan fingerprint density at radius 3 is 2.42 bits per heavy atom. The van der Waals surface area contributed by atoms with Crippen molar-refractivity contribution in [2.75, 3.05) is 11.9 Å². The Labute approximate surface area is 114 Å². The number of benzene rings is 2. The molecule has 0 aliphatic heterocycles. The molecule has 0 spiro atoms. The Kier molecular flexibility index (Phi) is 3.71. The molecule has 3 nitrogen and oxygen atoms in total. The lowest BCUT2D eigenvalue weighted by molar-refractivity contribution is 0.0697. The van der Waals surface area contributed by atoms with E-state index in [1.807, 2.05) is 0 Å². The van der Waals surface area contributed by atoms with E-state index < -0.39 is 5.97 Å². The van der Waals surface area contributed by atoms with Gasteiger partial charge in [0.1, 0.15) is 5.82 Å². The molecule has 0 heterocycles. The summed E-state index contributed by atoms with van der Waals surface area (Å²) in [6, 6.07) is 10.4. The average Bonchev–Trinajstić information content (AvgIpc) is 2.38. The number of aromatic carboxylic acids is 1. The Morgan fingerprint density at radius 2 is 1.84 bits per heavy atom. The number of hydrogen-bond donors (Lipinski definition) is 1. The van der Waals surface area contributed by atoms with Gasteiger partial charge in [-0.1, -0.05) is 11.6 Å². The van der Waals surface area contributed by atoms with E-state index >= 15 is 0 Å². The number of anilines is 2. The maximum atomic E-state index is 12.9. The standard InChI is InChI=1S/C14H11ClFNO2/c1-17(11-5-3-10(16)4-6-11)13-7-2-9(15)8-12(13)14(18)19/h2-8H,1H3,(H,18,19). The Hall–Kier alpha value is -2.07. The molecule has 0 saturated carbocycles. The predicted octanol–water partition coefficient (Wildman–Crippen LogP) is 3.95. The average molecular weight is 280 g/mol. The zero-order chi connectivity index (χ0) is 14.0. The normalized spacial score (nSPS) is 10.3. The maximum absolute atomic E-state index is 12.9. The van der Waals surface area contributed by atoms with Gasteiger partial charge in [-0.3, -0.25) is 0 Å².